The fourth-order valence-corrected chi connectivity index (χ4v) is 7.83. The molecule has 3 unspecified atom stereocenters. The van der Waals surface area contributed by atoms with E-state index >= 15 is 0 Å². The fraction of sp³-hybridized carbons (Fsp3) is 0.0682. The van der Waals surface area contributed by atoms with E-state index in [0.717, 1.165) is 67.1 Å². The molecule has 232 valence electrons. The van der Waals surface area contributed by atoms with Crippen molar-refractivity contribution in [1.29, 1.82) is 0 Å². The molecule has 10 rings (SSSR count). The van der Waals surface area contributed by atoms with Gasteiger partial charge in [-0.2, -0.15) is 9.37 Å². The van der Waals surface area contributed by atoms with Gasteiger partial charge in [-0.3, -0.25) is 0 Å². The van der Waals surface area contributed by atoms with Crippen LogP contribution in [-0.4, -0.2) is 39.3 Å². The number of benzene rings is 4. The maximum absolute atomic E-state index is 14.2. The zero-order valence-corrected chi connectivity index (χ0v) is 26.4. The summed E-state index contributed by atoms with van der Waals surface area (Å²) in [5.41, 5.74) is 12.6. The lowest BCUT2D eigenvalue weighted by molar-refractivity contribution is -0.394. The molecule has 4 aromatic rings. The molecule has 5 heteroatoms. The summed E-state index contributed by atoms with van der Waals surface area (Å²) < 4.78 is 8.46. The molecule has 0 saturated carbocycles. The summed E-state index contributed by atoms with van der Waals surface area (Å²) in [5.74, 6) is -0.752. The number of nitrogens with zero attached hydrogens (tertiary/aromatic N) is 2. The van der Waals surface area contributed by atoms with Gasteiger partial charge in [-0.1, -0.05) is 115 Å². The molecule has 0 fully saturated rings. The Morgan fingerprint density at radius 3 is 1.90 bits per heavy atom. The fourth-order valence-electron chi connectivity index (χ4n) is 7.83. The SMILES string of the molecule is O=C1C2C=CC(c3ccccc3)=CC2=C2C=CC3OC4C=C(c5cc(-c6ccccc6)cc(-c6ccccc6)c5)C=CC4=[N+]4C(=O)N1C2=C34. The van der Waals surface area contributed by atoms with E-state index in [-0.39, 0.29) is 11.9 Å². The highest BCUT2D eigenvalue weighted by molar-refractivity contribution is 6.10. The molecular formula is C44H29N2O3+. The quantitative estimate of drug-likeness (QED) is 0.212. The van der Waals surface area contributed by atoms with Gasteiger partial charge in [-0.15, -0.1) is 4.90 Å². The van der Waals surface area contributed by atoms with E-state index in [2.05, 4.69) is 97.1 Å². The normalized spacial score (nSPS) is 23.0. The van der Waals surface area contributed by atoms with Gasteiger partial charge in [-0.05, 0) is 92.6 Å². The first-order valence-corrected chi connectivity index (χ1v) is 16.6. The predicted molar refractivity (Wildman–Crippen MR) is 191 cm³/mol. The van der Waals surface area contributed by atoms with Crippen LogP contribution in [0.5, 0.6) is 0 Å². The van der Waals surface area contributed by atoms with Crippen molar-refractivity contribution in [3.8, 4) is 22.3 Å². The Bertz CT molecular complexity index is 2330. The minimum atomic E-state index is -0.524. The number of imide groups is 1. The number of carbonyl (C=O) groups is 2. The number of hydrogen-bond donors (Lipinski definition) is 0. The Hall–Kier alpha value is -6.17. The van der Waals surface area contributed by atoms with Gasteiger partial charge in [0, 0.05) is 5.57 Å². The van der Waals surface area contributed by atoms with Crippen LogP contribution in [0.2, 0.25) is 0 Å². The van der Waals surface area contributed by atoms with Crippen molar-refractivity contribution >= 4 is 28.8 Å². The molecule has 4 aromatic carbocycles. The smallest absolute Gasteiger partial charge is 0.349 e. The van der Waals surface area contributed by atoms with Crippen molar-refractivity contribution in [2.75, 3.05) is 0 Å². The van der Waals surface area contributed by atoms with Crippen LogP contribution in [-0.2, 0) is 9.53 Å². The average Bonchev–Trinajstić information content (AvgIpc) is 3.49. The summed E-state index contributed by atoms with van der Waals surface area (Å²) in [6, 6.07) is 37.3. The molecule has 3 atom stereocenters. The maximum atomic E-state index is 14.2. The molecule has 0 bridgehead atoms. The highest BCUT2D eigenvalue weighted by Gasteiger charge is 2.60. The lowest BCUT2D eigenvalue weighted by Gasteiger charge is -2.31. The Morgan fingerprint density at radius 2 is 1.22 bits per heavy atom. The third-order valence-electron chi connectivity index (χ3n) is 10.2. The molecule has 0 spiro atoms. The number of carbonyl (C=O) groups excluding carboxylic acids is 2. The number of amides is 3. The molecule has 0 radical (unpaired) electrons. The van der Waals surface area contributed by atoms with E-state index in [9.17, 15) is 9.59 Å². The van der Waals surface area contributed by atoms with Crippen LogP contribution in [0.25, 0.3) is 33.4 Å². The van der Waals surface area contributed by atoms with Crippen LogP contribution < -0.4 is 0 Å². The first-order chi connectivity index (χ1) is 24.1. The third kappa shape index (κ3) is 4.26. The summed E-state index contributed by atoms with van der Waals surface area (Å²) in [4.78, 5) is 29.7. The lowest BCUT2D eigenvalue weighted by Crippen LogP contribution is -2.45. The van der Waals surface area contributed by atoms with Crippen molar-refractivity contribution in [3.05, 3.63) is 191 Å². The van der Waals surface area contributed by atoms with Crippen molar-refractivity contribution in [3.63, 3.8) is 0 Å². The van der Waals surface area contributed by atoms with Gasteiger partial charge in [0.1, 0.15) is 23.8 Å². The minimum Gasteiger partial charge on any atom is -0.349 e. The van der Waals surface area contributed by atoms with Crippen molar-refractivity contribution in [2.24, 2.45) is 5.92 Å². The molecule has 6 aliphatic rings. The minimum absolute atomic E-state index is 0.228. The van der Waals surface area contributed by atoms with Crippen LogP contribution in [0.3, 0.4) is 0 Å². The van der Waals surface area contributed by atoms with E-state index in [0.29, 0.717) is 5.70 Å². The van der Waals surface area contributed by atoms with E-state index in [1.165, 1.54) is 4.90 Å². The van der Waals surface area contributed by atoms with Gasteiger partial charge in [0.05, 0.1) is 0 Å². The van der Waals surface area contributed by atoms with E-state index in [1.807, 2.05) is 60.7 Å². The van der Waals surface area contributed by atoms with Crippen LogP contribution >= 0.6 is 0 Å². The van der Waals surface area contributed by atoms with Crippen LogP contribution in [0.4, 0.5) is 4.79 Å². The second-order valence-corrected chi connectivity index (χ2v) is 12.9. The summed E-state index contributed by atoms with van der Waals surface area (Å²) in [7, 11) is 0. The molecule has 0 N–H and O–H groups in total. The number of allylic oxidation sites excluding steroid dienone is 6. The number of urea groups is 1. The van der Waals surface area contributed by atoms with Gasteiger partial charge >= 0.3 is 11.9 Å². The number of hydrogen-bond acceptors (Lipinski definition) is 3. The molecule has 3 heterocycles. The zero-order valence-electron chi connectivity index (χ0n) is 26.4. The van der Waals surface area contributed by atoms with Crippen molar-refractivity contribution < 1.29 is 18.9 Å². The first kappa shape index (κ1) is 27.9. The maximum Gasteiger partial charge on any atom is 0.511 e. The monoisotopic (exact) mass is 633 g/mol. The summed E-state index contributed by atoms with van der Waals surface area (Å²) in [6.07, 6.45) is 15.3. The molecule has 3 aliphatic heterocycles. The molecule has 0 saturated heterocycles. The summed E-state index contributed by atoms with van der Waals surface area (Å²) in [5, 5.41) is 0. The van der Waals surface area contributed by atoms with Gasteiger partial charge in [-0.25, -0.2) is 4.79 Å². The first-order valence-electron chi connectivity index (χ1n) is 16.6. The third-order valence-corrected chi connectivity index (χ3v) is 10.2. The Balaban J connectivity index is 1.08. The highest BCUT2D eigenvalue weighted by Crippen LogP contribution is 2.48. The van der Waals surface area contributed by atoms with Crippen LogP contribution in [0.1, 0.15) is 11.1 Å². The summed E-state index contributed by atoms with van der Waals surface area (Å²) in [6.45, 7) is 0. The van der Waals surface area contributed by atoms with E-state index < -0.39 is 18.1 Å². The largest absolute Gasteiger partial charge is 0.511 e. The van der Waals surface area contributed by atoms with Crippen molar-refractivity contribution in [2.45, 2.75) is 12.2 Å². The second-order valence-electron chi connectivity index (χ2n) is 12.9. The molecule has 49 heavy (non-hydrogen) atoms. The van der Waals surface area contributed by atoms with Crippen LogP contribution in [0, 0.1) is 5.92 Å². The van der Waals surface area contributed by atoms with Crippen molar-refractivity contribution in [1.82, 2.24) is 4.90 Å². The van der Waals surface area contributed by atoms with Crippen LogP contribution in [0.15, 0.2) is 180 Å². The number of fused-ring (bicyclic) bond motifs is 2. The number of ether oxygens (including phenoxy) is 1. The van der Waals surface area contributed by atoms with Gasteiger partial charge in [0.2, 0.25) is 0 Å². The standard InChI is InChI=1S/C44H29N2O3/c47-43-36-18-16-30(27-10-4-1-5-11-27)25-37(36)35-19-21-39-42-41(35)46(43)44(48)45(42)38-20-17-31(26-40(38)49-39)34-23-32(28-12-6-2-7-13-28)22-33(24-34)29-14-8-3-9-15-29/h1-26,36,39-40H/q+1. The summed E-state index contributed by atoms with van der Waals surface area (Å²) >= 11 is 0. The van der Waals surface area contributed by atoms with E-state index in [1.54, 1.807) is 4.58 Å². The Kier molecular flexibility index (Phi) is 6.08. The highest BCUT2D eigenvalue weighted by atomic mass is 16.5. The molecule has 5 nitrogen and oxygen atoms in total. The predicted octanol–water partition coefficient (Wildman–Crippen LogP) is 8.52. The Labute approximate surface area is 283 Å². The molecule has 0 aromatic heterocycles. The molecule has 3 aliphatic carbocycles. The molecular weight excluding hydrogens is 604 g/mol. The number of rotatable bonds is 4. The topological polar surface area (TPSA) is 49.6 Å². The lowest BCUT2D eigenvalue weighted by atomic mass is 9.79. The Morgan fingerprint density at radius 1 is 0.592 bits per heavy atom. The second kappa shape index (κ2) is 10.7. The van der Waals surface area contributed by atoms with Gasteiger partial charge < -0.3 is 4.74 Å². The van der Waals surface area contributed by atoms with E-state index in [4.69, 9.17) is 4.74 Å². The average molecular weight is 634 g/mol. The zero-order chi connectivity index (χ0) is 32.6. The van der Waals surface area contributed by atoms with Gasteiger partial charge in [0.15, 0.2) is 11.4 Å². The molecule has 3 amide bonds. The van der Waals surface area contributed by atoms with Gasteiger partial charge in [0.25, 0.3) is 0 Å².